The van der Waals surface area contributed by atoms with Crippen molar-refractivity contribution in [1.29, 1.82) is 0 Å². The largest absolute Gasteiger partial charge is 0.357 e. The number of nitrogens with one attached hydrogen (secondary N) is 1. The van der Waals surface area contributed by atoms with Crippen LogP contribution in [0.2, 0.25) is 0 Å². The lowest BCUT2D eigenvalue weighted by Crippen LogP contribution is -2.49. The highest BCUT2D eigenvalue weighted by atomic mass is 32.2. The van der Waals surface area contributed by atoms with Gasteiger partial charge in [-0.05, 0) is 18.9 Å². The van der Waals surface area contributed by atoms with E-state index >= 15 is 0 Å². The highest BCUT2D eigenvalue weighted by molar-refractivity contribution is 8.00. The minimum Gasteiger partial charge on any atom is -0.357 e. The number of aromatic nitrogens is 2. The van der Waals surface area contributed by atoms with E-state index in [2.05, 4.69) is 47.8 Å². The topological polar surface area (TPSA) is 45.5 Å². The Morgan fingerprint density at radius 1 is 1.57 bits per heavy atom. The molecule has 1 aromatic rings. The summed E-state index contributed by atoms with van der Waals surface area (Å²) in [6, 6.07) is 2.02. The molecule has 0 radical (unpaired) electrons. The standard InChI is InChI=1S/C15H27N5S/c1-5-16-15(17-10-13-6-7-18-19(13)4)20-8-9-21-14(11-20)12(2)3/h6-7,12,14H,5,8-11H2,1-4H3,(H,16,17). The first kappa shape index (κ1) is 16.2. The first-order valence-electron chi connectivity index (χ1n) is 7.73. The van der Waals surface area contributed by atoms with Gasteiger partial charge in [0.15, 0.2) is 5.96 Å². The van der Waals surface area contributed by atoms with E-state index in [9.17, 15) is 0 Å². The molecule has 0 amide bonds. The van der Waals surface area contributed by atoms with Gasteiger partial charge in [-0.2, -0.15) is 16.9 Å². The van der Waals surface area contributed by atoms with Gasteiger partial charge < -0.3 is 10.2 Å². The number of thioether (sulfide) groups is 1. The van der Waals surface area contributed by atoms with Crippen molar-refractivity contribution in [2.45, 2.75) is 32.6 Å². The Bertz CT molecular complexity index is 468. The minimum atomic E-state index is 0.675. The maximum atomic E-state index is 4.80. The summed E-state index contributed by atoms with van der Waals surface area (Å²) in [5.41, 5.74) is 1.14. The monoisotopic (exact) mass is 309 g/mol. The maximum Gasteiger partial charge on any atom is 0.194 e. The zero-order valence-corrected chi connectivity index (χ0v) is 14.4. The second-order valence-corrected chi connectivity index (χ2v) is 7.06. The second kappa shape index (κ2) is 7.73. The number of aliphatic imine (C=N–C) groups is 1. The fraction of sp³-hybridized carbons (Fsp3) is 0.733. The fourth-order valence-electron chi connectivity index (χ4n) is 2.41. The van der Waals surface area contributed by atoms with Crippen LogP contribution in [0.1, 0.15) is 26.5 Å². The molecule has 0 spiro atoms. The van der Waals surface area contributed by atoms with Gasteiger partial charge in [-0.3, -0.25) is 4.68 Å². The van der Waals surface area contributed by atoms with Gasteiger partial charge in [-0.1, -0.05) is 13.8 Å². The molecule has 0 bridgehead atoms. The summed E-state index contributed by atoms with van der Waals surface area (Å²) in [6.07, 6.45) is 1.82. The van der Waals surface area contributed by atoms with Crippen molar-refractivity contribution in [1.82, 2.24) is 20.0 Å². The number of hydrogen-bond acceptors (Lipinski definition) is 3. The van der Waals surface area contributed by atoms with Crippen molar-refractivity contribution in [3.8, 4) is 0 Å². The molecule has 1 fully saturated rings. The van der Waals surface area contributed by atoms with Crippen LogP contribution in [-0.2, 0) is 13.6 Å². The Morgan fingerprint density at radius 3 is 3.00 bits per heavy atom. The van der Waals surface area contributed by atoms with E-state index in [1.54, 1.807) is 0 Å². The van der Waals surface area contributed by atoms with Crippen LogP contribution in [0.4, 0.5) is 0 Å². The van der Waals surface area contributed by atoms with E-state index in [0.717, 1.165) is 31.3 Å². The summed E-state index contributed by atoms with van der Waals surface area (Å²) in [5, 5.41) is 8.32. The van der Waals surface area contributed by atoms with Crippen LogP contribution in [0.5, 0.6) is 0 Å². The van der Waals surface area contributed by atoms with E-state index < -0.39 is 0 Å². The molecule has 1 N–H and O–H groups in total. The smallest absolute Gasteiger partial charge is 0.194 e. The van der Waals surface area contributed by atoms with Crippen LogP contribution in [0.3, 0.4) is 0 Å². The van der Waals surface area contributed by atoms with Gasteiger partial charge in [0.25, 0.3) is 0 Å². The molecule has 5 nitrogen and oxygen atoms in total. The Hall–Kier alpha value is -1.17. The van der Waals surface area contributed by atoms with Crippen molar-refractivity contribution in [3.05, 3.63) is 18.0 Å². The molecule has 118 valence electrons. The summed E-state index contributed by atoms with van der Waals surface area (Å²) in [5.74, 6) is 2.92. The molecule has 1 saturated heterocycles. The van der Waals surface area contributed by atoms with E-state index in [1.165, 1.54) is 5.75 Å². The molecule has 1 aliphatic rings. The van der Waals surface area contributed by atoms with Gasteiger partial charge in [0, 0.05) is 43.9 Å². The molecule has 1 aromatic heterocycles. The van der Waals surface area contributed by atoms with E-state index in [-0.39, 0.29) is 0 Å². The first-order chi connectivity index (χ1) is 10.1. The minimum absolute atomic E-state index is 0.675. The molecule has 1 unspecified atom stereocenters. The van der Waals surface area contributed by atoms with Gasteiger partial charge in [0.1, 0.15) is 0 Å². The molecule has 6 heteroatoms. The molecule has 0 aromatic carbocycles. The maximum absolute atomic E-state index is 4.80. The van der Waals surface area contributed by atoms with Crippen LogP contribution in [0, 0.1) is 5.92 Å². The van der Waals surface area contributed by atoms with Gasteiger partial charge in [0.2, 0.25) is 0 Å². The van der Waals surface area contributed by atoms with Crippen LogP contribution in [-0.4, -0.2) is 51.3 Å². The molecule has 0 saturated carbocycles. The van der Waals surface area contributed by atoms with Gasteiger partial charge >= 0.3 is 0 Å². The lowest BCUT2D eigenvalue weighted by Gasteiger charge is -2.36. The third-order valence-electron chi connectivity index (χ3n) is 3.78. The predicted molar refractivity (Wildman–Crippen MR) is 90.7 cm³/mol. The third kappa shape index (κ3) is 4.40. The Labute approximate surface area is 132 Å². The van der Waals surface area contributed by atoms with Crippen molar-refractivity contribution in [3.63, 3.8) is 0 Å². The van der Waals surface area contributed by atoms with Crippen LogP contribution < -0.4 is 5.32 Å². The lowest BCUT2D eigenvalue weighted by atomic mass is 10.1. The molecule has 0 aliphatic carbocycles. The quantitative estimate of drug-likeness (QED) is 0.682. The molecule has 1 aliphatic heterocycles. The number of nitrogens with zero attached hydrogens (tertiary/aromatic N) is 4. The summed E-state index contributed by atoms with van der Waals surface area (Å²) in [7, 11) is 1.96. The van der Waals surface area contributed by atoms with Gasteiger partial charge in [-0.15, -0.1) is 0 Å². The molecule has 21 heavy (non-hydrogen) atoms. The van der Waals surface area contributed by atoms with E-state index in [1.807, 2.05) is 24.0 Å². The highest BCUT2D eigenvalue weighted by Gasteiger charge is 2.24. The predicted octanol–water partition coefficient (Wildman–Crippen LogP) is 1.96. The van der Waals surface area contributed by atoms with Gasteiger partial charge in [0.05, 0.1) is 12.2 Å². The molecular weight excluding hydrogens is 282 g/mol. The summed E-state index contributed by atoms with van der Waals surface area (Å²) in [6.45, 7) is 10.5. The second-order valence-electron chi connectivity index (χ2n) is 5.72. The summed E-state index contributed by atoms with van der Waals surface area (Å²) < 4.78 is 1.88. The molecule has 2 heterocycles. The number of hydrogen-bond donors (Lipinski definition) is 1. The summed E-state index contributed by atoms with van der Waals surface area (Å²) >= 11 is 2.09. The van der Waals surface area contributed by atoms with E-state index in [0.29, 0.717) is 17.7 Å². The van der Waals surface area contributed by atoms with Crippen molar-refractivity contribution < 1.29 is 0 Å². The molecule has 1 atom stereocenters. The molecular formula is C15H27N5S. The van der Waals surface area contributed by atoms with Crippen LogP contribution >= 0.6 is 11.8 Å². The Morgan fingerprint density at radius 2 is 2.38 bits per heavy atom. The average Bonchev–Trinajstić information content (AvgIpc) is 2.89. The Kier molecular flexibility index (Phi) is 5.96. The number of aryl methyl sites for hydroxylation is 1. The normalized spacial score (nSPS) is 20.1. The SMILES string of the molecule is CCNC(=NCc1ccnn1C)N1CCSC(C(C)C)C1. The van der Waals surface area contributed by atoms with Crippen molar-refractivity contribution in [2.24, 2.45) is 18.0 Å². The number of guanidine groups is 1. The van der Waals surface area contributed by atoms with Crippen LogP contribution in [0.15, 0.2) is 17.3 Å². The highest BCUT2D eigenvalue weighted by Crippen LogP contribution is 2.24. The number of rotatable bonds is 4. The Balaban J connectivity index is 2.05. The van der Waals surface area contributed by atoms with E-state index in [4.69, 9.17) is 4.99 Å². The third-order valence-corrected chi connectivity index (χ3v) is 5.32. The van der Waals surface area contributed by atoms with Gasteiger partial charge in [-0.25, -0.2) is 4.99 Å². The molecule has 2 rings (SSSR count). The lowest BCUT2D eigenvalue weighted by molar-refractivity contribution is 0.380. The van der Waals surface area contributed by atoms with Crippen molar-refractivity contribution in [2.75, 3.05) is 25.4 Å². The van der Waals surface area contributed by atoms with Crippen molar-refractivity contribution >= 4 is 17.7 Å². The first-order valence-corrected chi connectivity index (χ1v) is 8.78. The zero-order chi connectivity index (χ0) is 15.2. The summed E-state index contributed by atoms with van der Waals surface area (Å²) in [4.78, 5) is 7.20. The zero-order valence-electron chi connectivity index (χ0n) is 13.5. The fourth-order valence-corrected chi connectivity index (χ4v) is 3.71. The average molecular weight is 309 g/mol. The van der Waals surface area contributed by atoms with Crippen LogP contribution in [0.25, 0.3) is 0 Å².